The summed E-state index contributed by atoms with van der Waals surface area (Å²) in [6.07, 6.45) is 0.00531. The van der Waals surface area contributed by atoms with E-state index in [0.29, 0.717) is 5.56 Å². The summed E-state index contributed by atoms with van der Waals surface area (Å²) < 4.78 is 0. The fourth-order valence-corrected chi connectivity index (χ4v) is 1.56. The average Bonchev–Trinajstić information content (AvgIpc) is 2.40. The molecule has 0 radical (unpaired) electrons. The predicted octanol–water partition coefficient (Wildman–Crippen LogP) is -0.182. The molecule has 5 N–H and O–H groups in total. The predicted molar refractivity (Wildman–Crippen MR) is 71.6 cm³/mol. The van der Waals surface area contributed by atoms with E-state index in [1.165, 1.54) is 18.2 Å². The van der Waals surface area contributed by atoms with Gasteiger partial charge < -0.3 is 26.0 Å². The van der Waals surface area contributed by atoms with E-state index < -0.39 is 24.0 Å². The number of rotatable bonds is 6. The number of amides is 1. The first kappa shape index (κ1) is 15.8. The van der Waals surface area contributed by atoms with Gasteiger partial charge in [-0.05, 0) is 31.7 Å². The normalized spacial score (nSPS) is 13.5. The zero-order valence-corrected chi connectivity index (χ0v) is 11.3. The van der Waals surface area contributed by atoms with Gasteiger partial charge in [0.2, 0.25) is 5.91 Å². The first-order valence-corrected chi connectivity index (χ1v) is 6.06. The molecule has 0 bridgehead atoms. The number of aromatic hydroxyl groups is 2. The Balaban J connectivity index is 2.79. The molecule has 0 spiro atoms. The summed E-state index contributed by atoms with van der Waals surface area (Å²) in [6, 6.07) is 2.39. The molecule has 1 unspecified atom stereocenters. The molecular formula is C13H18N2O5. The van der Waals surface area contributed by atoms with Gasteiger partial charge in [0, 0.05) is 6.42 Å². The third-order valence-corrected chi connectivity index (χ3v) is 2.92. The summed E-state index contributed by atoms with van der Waals surface area (Å²) >= 11 is 0. The summed E-state index contributed by atoms with van der Waals surface area (Å²) in [7, 11) is 1.60. The minimum absolute atomic E-state index is 0.00531. The van der Waals surface area contributed by atoms with Crippen LogP contribution in [0.1, 0.15) is 12.5 Å². The number of likely N-dealkylation sites (N-methyl/N-ethyl adjacent to an activating group) is 1. The second-order valence-electron chi connectivity index (χ2n) is 4.44. The number of hydrogen-bond acceptors (Lipinski definition) is 5. The number of phenols is 2. The lowest BCUT2D eigenvalue weighted by Crippen LogP contribution is -2.49. The third-order valence-electron chi connectivity index (χ3n) is 2.92. The van der Waals surface area contributed by atoms with Crippen LogP contribution in [0.3, 0.4) is 0 Å². The smallest absolute Gasteiger partial charge is 0.326 e. The van der Waals surface area contributed by atoms with Gasteiger partial charge in [0.15, 0.2) is 11.5 Å². The maximum atomic E-state index is 11.7. The van der Waals surface area contributed by atoms with Gasteiger partial charge in [-0.3, -0.25) is 4.79 Å². The second kappa shape index (κ2) is 6.76. The number of phenolic OH excluding ortho intramolecular Hbond substituents is 2. The Hall–Kier alpha value is -2.28. The van der Waals surface area contributed by atoms with Crippen molar-refractivity contribution in [1.29, 1.82) is 0 Å². The van der Waals surface area contributed by atoms with Crippen LogP contribution < -0.4 is 10.6 Å². The molecule has 0 aliphatic rings. The van der Waals surface area contributed by atoms with Crippen molar-refractivity contribution in [3.05, 3.63) is 23.8 Å². The third kappa shape index (κ3) is 4.13. The highest BCUT2D eigenvalue weighted by Crippen LogP contribution is 2.25. The minimum Gasteiger partial charge on any atom is -0.504 e. The molecule has 0 saturated carbocycles. The largest absolute Gasteiger partial charge is 0.504 e. The van der Waals surface area contributed by atoms with Crippen LogP contribution >= 0.6 is 0 Å². The quantitative estimate of drug-likeness (QED) is 0.462. The number of aliphatic carboxylic acids is 1. The number of benzene rings is 1. The summed E-state index contributed by atoms with van der Waals surface area (Å²) in [5.74, 6) is -2.22. The van der Waals surface area contributed by atoms with Gasteiger partial charge in [0.1, 0.15) is 6.04 Å². The Morgan fingerprint density at radius 2 is 1.90 bits per heavy atom. The number of carboxylic acid groups (broad SMARTS) is 1. The van der Waals surface area contributed by atoms with Crippen molar-refractivity contribution in [2.24, 2.45) is 0 Å². The van der Waals surface area contributed by atoms with Gasteiger partial charge in [-0.1, -0.05) is 6.07 Å². The highest BCUT2D eigenvalue weighted by Gasteiger charge is 2.22. The van der Waals surface area contributed by atoms with Crippen LogP contribution in [0.2, 0.25) is 0 Å². The zero-order chi connectivity index (χ0) is 15.3. The highest BCUT2D eigenvalue weighted by atomic mass is 16.4. The first-order valence-electron chi connectivity index (χ1n) is 6.06. The molecule has 1 aromatic rings. The Kier molecular flexibility index (Phi) is 5.33. The monoisotopic (exact) mass is 282 g/mol. The molecule has 0 aliphatic heterocycles. The van der Waals surface area contributed by atoms with E-state index in [1.54, 1.807) is 14.0 Å². The van der Waals surface area contributed by atoms with Crippen molar-refractivity contribution in [1.82, 2.24) is 10.6 Å². The fourth-order valence-electron chi connectivity index (χ4n) is 1.56. The van der Waals surface area contributed by atoms with E-state index in [9.17, 15) is 19.8 Å². The van der Waals surface area contributed by atoms with E-state index >= 15 is 0 Å². The lowest BCUT2D eigenvalue weighted by atomic mass is 10.0. The fraction of sp³-hybridized carbons (Fsp3) is 0.385. The van der Waals surface area contributed by atoms with Crippen LogP contribution in [-0.4, -0.2) is 46.3 Å². The number of nitrogens with one attached hydrogen (secondary N) is 2. The van der Waals surface area contributed by atoms with Crippen LogP contribution in [0.4, 0.5) is 0 Å². The van der Waals surface area contributed by atoms with E-state index in [2.05, 4.69) is 10.6 Å². The lowest BCUT2D eigenvalue weighted by molar-refractivity contribution is -0.142. The summed E-state index contributed by atoms with van der Waals surface area (Å²) in [5.41, 5.74) is 0.491. The molecule has 2 atom stereocenters. The summed E-state index contributed by atoms with van der Waals surface area (Å²) in [5, 5.41) is 32.8. The number of carbonyl (C=O) groups excluding carboxylic acids is 1. The van der Waals surface area contributed by atoms with Gasteiger partial charge in [-0.2, -0.15) is 0 Å². The van der Waals surface area contributed by atoms with Crippen LogP contribution in [0.25, 0.3) is 0 Å². The second-order valence-corrected chi connectivity index (χ2v) is 4.44. The molecule has 1 aromatic carbocycles. The Labute approximate surface area is 116 Å². The van der Waals surface area contributed by atoms with Crippen molar-refractivity contribution in [3.63, 3.8) is 0 Å². The standard InChI is InChI=1S/C13H18N2O5/c1-7(14-2)12(18)15-9(13(19)20)5-8-3-4-10(16)11(17)6-8/h3-4,6-7,9,14,16-17H,5H2,1-2H3,(H,15,18)(H,19,20)/t7?,9-/m0/s1. The van der Waals surface area contributed by atoms with Gasteiger partial charge in [0.25, 0.3) is 0 Å². The molecule has 0 fully saturated rings. The summed E-state index contributed by atoms with van der Waals surface area (Å²) in [6.45, 7) is 1.61. The Morgan fingerprint density at radius 1 is 1.25 bits per heavy atom. The molecule has 0 aliphatic carbocycles. The van der Waals surface area contributed by atoms with Gasteiger partial charge >= 0.3 is 5.97 Å². The van der Waals surface area contributed by atoms with Gasteiger partial charge in [-0.25, -0.2) is 4.79 Å². The van der Waals surface area contributed by atoms with Crippen LogP contribution in [0.15, 0.2) is 18.2 Å². The Morgan fingerprint density at radius 3 is 2.40 bits per heavy atom. The molecular weight excluding hydrogens is 264 g/mol. The minimum atomic E-state index is -1.17. The molecule has 0 aromatic heterocycles. The van der Waals surface area contributed by atoms with E-state index in [-0.39, 0.29) is 17.9 Å². The van der Waals surface area contributed by atoms with Crippen LogP contribution in [-0.2, 0) is 16.0 Å². The van der Waals surface area contributed by atoms with Crippen LogP contribution in [0, 0.1) is 0 Å². The van der Waals surface area contributed by atoms with E-state index in [4.69, 9.17) is 5.11 Å². The van der Waals surface area contributed by atoms with Crippen molar-refractivity contribution in [3.8, 4) is 11.5 Å². The number of carbonyl (C=O) groups is 2. The molecule has 110 valence electrons. The molecule has 20 heavy (non-hydrogen) atoms. The SMILES string of the molecule is CNC(C)C(=O)N[C@@H](Cc1ccc(O)c(O)c1)C(=O)O. The van der Waals surface area contributed by atoms with Crippen molar-refractivity contribution < 1.29 is 24.9 Å². The highest BCUT2D eigenvalue weighted by molar-refractivity contribution is 5.86. The Bertz CT molecular complexity index is 504. The summed E-state index contributed by atoms with van der Waals surface area (Å²) in [4.78, 5) is 22.8. The number of hydrogen-bond donors (Lipinski definition) is 5. The van der Waals surface area contributed by atoms with E-state index in [1.807, 2.05) is 0 Å². The number of carboxylic acids is 1. The zero-order valence-electron chi connectivity index (χ0n) is 11.3. The molecule has 1 rings (SSSR count). The molecule has 7 heteroatoms. The van der Waals surface area contributed by atoms with Crippen molar-refractivity contribution >= 4 is 11.9 Å². The molecule has 0 saturated heterocycles. The topological polar surface area (TPSA) is 119 Å². The van der Waals surface area contributed by atoms with Gasteiger partial charge in [-0.15, -0.1) is 0 Å². The van der Waals surface area contributed by atoms with Crippen molar-refractivity contribution in [2.45, 2.75) is 25.4 Å². The maximum absolute atomic E-state index is 11.7. The first-order chi connectivity index (χ1) is 9.35. The maximum Gasteiger partial charge on any atom is 0.326 e. The molecule has 0 heterocycles. The molecule has 7 nitrogen and oxygen atoms in total. The molecule has 1 amide bonds. The van der Waals surface area contributed by atoms with Gasteiger partial charge in [0.05, 0.1) is 6.04 Å². The van der Waals surface area contributed by atoms with Crippen molar-refractivity contribution in [2.75, 3.05) is 7.05 Å². The lowest BCUT2D eigenvalue weighted by Gasteiger charge is -2.17. The van der Waals surface area contributed by atoms with E-state index in [0.717, 1.165) is 0 Å². The van der Waals surface area contributed by atoms with Crippen LogP contribution in [0.5, 0.6) is 11.5 Å². The average molecular weight is 282 g/mol.